The minimum absolute atomic E-state index is 0.0255. The number of hydrogen-bond acceptors (Lipinski definition) is 8. The fourth-order valence-corrected chi connectivity index (χ4v) is 5.05. The first-order chi connectivity index (χ1) is 19.3. The number of urea groups is 1. The second-order valence-electron chi connectivity index (χ2n) is 9.30. The summed E-state index contributed by atoms with van der Waals surface area (Å²) in [7, 11) is 0. The van der Waals surface area contributed by atoms with Crippen molar-refractivity contribution in [3.8, 4) is 21.8 Å². The molecule has 0 aromatic carbocycles. The highest BCUT2D eigenvalue weighted by atomic mass is 32.1. The van der Waals surface area contributed by atoms with Crippen LogP contribution in [0, 0.1) is 5.92 Å². The zero-order chi connectivity index (χ0) is 30.1. The van der Waals surface area contributed by atoms with Gasteiger partial charge < -0.3 is 20.1 Å². The maximum atomic E-state index is 13.3. The van der Waals surface area contributed by atoms with Gasteiger partial charge in [0.15, 0.2) is 5.69 Å². The number of halogens is 3. The summed E-state index contributed by atoms with van der Waals surface area (Å²) in [6.07, 6.45) is -0.929. The summed E-state index contributed by atoms with van der Waals surface area (Å²) in [6.45, 7) is 5.34. The van der Waals surface area contributed by atoms with E-state index in [1.807, 2.05) is 13.8 Å². The predicted octanol–water partition coefficient (Wildman–Crippen LogP) is 4.63. The van der Waals surface area contributed by atoms with Crippen LogP contribution in [-0.2, 0) is 6.18 Å². The number of carbonyl (C=O) groups excluding carboxylic acids is 1. The highest BCUT2D eigenvalue weighted by Gasteiger charge is 2.34. The van der Waals surface area contributed by atoms with Gasteiger partial charge in [-0.3, -0.25) is 15.1 Å². The Morgan fingerprint density at radius 2 is 1.88 bits per heavy atom. The zero-order valence-corrected chi connectivity index (χ0v) is 22.8. The lowest BCUT2D eigenvalue weighted by molar-refractivity contribution is -0.140. The average molecular weight is 591 g/mol. The second-order valence-corrected chi connectivity index (χ2v) is 10.2. The number of carboxylic acid groups (broad SMARTS) is 1. The van der Waals surface area contributed by atoms with Crippen molar-refractivity contribution < 1.29 is 33.0 Å². The van der Waals surface area contributed by atoms with Gasteiger partial charge in [-0.15, -0.1) is 11.3 Å². The Morgan fingerprint density at radius 1 is 1.15 bits per heavy atom. The predicted molar refractivity (Wildman–Crippen MR) is 146 cm³/mol. The lowest BCUT2D eigenvalue weighted by atomic mass is 10.0. The molecule has 216 valence electrons. The molecular formula is C26H25F3N6O5S. The Kier molecular flexibility index (Phi) is 8.39. The van der Waals surface area contributed by atoms with E-state index in [4.69, 9.17) is 0 Å². The first kappa shape index (κ1) is 29.6. The average Bonchev–Trinajstić information content (AvgIpc) is 3.41. The van der Waals surface area contributed by atoms with E-state index in [1.54, 1.807) is 6.92 Å². The molecule has 4 aromatic rings. The Labute approximate surface area is 234 Å². The molecule has 1 atom stereocenters. The summed E-state index contributed by atoms with van der Waals surface area (Å²) in [5.74, 6) is -1.58. The number of thiazole rings is 1. The normalized spacial score (nSPS) is 12.5. The minimum Gasteiger partial charge on any atom is -0.477 e. The fraction of sp³-hybridized carbons (Fsp3) is 0.308. The SMILES string of the molecule is CCNC(=O)Nc1cc(-c2nc(C(F)(F)F)cs2)c(-c2cc3c(=O)c(C(=O)O)cn(C(CO)C(C)C)c3cn2)cn1. The van der Waals surface area contributed by atoms with E-state index in [-0.39, 0.29) is 51.1 Å². The molecule has 0 fully saturated rings. The lowest BCUT2D eigenvalue weighted by Crippen LogP contribution is -2.28. The van der Waals surface area contributed by atoms with Crippen molar-refractivity contribution in [2.45, 2.75) is 33.0 Å². The van der Waals surface area contributed by atoms with Crippen molar-refractivity contribution in [3.05, 3.63) is 57.6 Å². The first-order valence-electron chi connectivity index (χ1n) is 12.3. The van der Waals surface area contributed by atoms with Gasteiger partial charge in [-0.1, -0.05) is 13.8 Å². The van der Waals surface area contributed by atoms with Gasteiger partial charge in [0.05, 0.1) is 35.4 Å². The van der Waals surface area contributed by atoms with Crippen molar-refractivity contribution in [2.24, 2.45) is 5.92 Å². The van der Waals surface area contributed by atoms with Crippen LogP contribution < -0.4 is 16.1 Å². The molecule has 0 radical (unpaired) electrons. The van der Waals surface area contributed by atoms with Gasteiger partial charge in [-0.25, -0.2) is 19.6 Å². The number of rotatable bonds is 8. The van der Waals surface area contributed by atoms with Gasteiger partial charge in [0.25, 0.3) is 0 Å². The number of amides is 2. The third-order valence-electron chi connectivity index (χ3n) is 6.25. The zero-order valence-electron chi connectivity index (χ0n) is 22.0. The second kappa shape index (κ2) is 11.6. The molecule has 15 heteroatoms. The number of fused-ring (bicyclic) bond motifs is 1. The fourth-order valence-electron chi connectivity index (χ4n) is 4.20. The summed E-state index contributed by atoms with van der Waals surface area (Å²) in [6, 6.07) is 1.51. The minimum atomic E-state index is -4.69. The van der Waals surface area contributed by atoms with Crippen LogP contribution in [0.25, 0.3) is 32.7 Å². The molecule has 4 rings (SSSR count). The van der Waals surface area contributed by atoms with Crippen LogP contribution in [0.1, 0.15) is 42.9 Å². The number of nitrogens with zero attached hydrogens (tertiary/aromatic N) is 4. The number of aliphatic hydroxyl groups is 1. The molecule has 4 aromatic heterocycles. The number of aromatic nitrogens is 4. The molecule has 0 aliphatic rings. The van der Waals surface area contributed by atoms with Crippen LogP contribution in [0.3, 0.4) is 0 Å². The van der Waals surface area contributed by atoms with E-state index in [2.05, 4.69) is 25.6 Å². The Hall–Kier alpha value is -4.37. The smallest absolute Gasteiger partial charge is 0.434 e. The van der Waals surface area contributed by atoms with Crippen LogP contribution in [0.4, 0.5) is 23.8 Å². The van der Waals surface area contributed by atoms with Crippen LogP contribution in [-0.4, -0.2) is 54.9 Å². The van der Waals surface area contributed by atoms with Crippen LogP contribution in [0.2, 0.25) is 0 Å². The molecular weight excluding hydrogens is 565 g/mol. The van der Waals surface area contributed by atoms with Crippen molar-refractivity contribution in [2.75, 3.05) is 18.5 Å². The van der Waals surface area contributed by atoms with Crippen LogP contribution in [0.15, 0.2) is 40.9 Å². The van der Waals surface area contributed by atoms with Gasteiger partial charge in [-0.2, -0.15) is 13.2 Å². The van der Waals surface area contributed by atoms with E-state index >= 15 is 0 Å². The molecule has 2 amide bonds. The summed E-state index contributed by atoms with van der Waals surface area (Å²) in [4.78, 5) is 49.5. The number of carbonyl (C=O) groups is 2. The van der Waals surface area contributed by atoms with E-state index in [9.17, 15) is 37.8 Å². The quantitative estimate of drug-likeness (QED) is 0.231. The molecule has 1 unspecified atom stereocenters. The molecule has 0 spiro atoms. The monoisotopic (exact) mass is 590 g/mol. The molecule has 0 bridgehead atoms. The van der Waals surface area contributed by atoms with Crippen molar-refractivity contribution in [1.29, 1.82) is 0 Å². The van der Waals surface area contributed by atoms with Gasteiger partial charge >= 0.3 is 18.2 Å². The van der Waals surface area contributed by atoms with Gasteiger partial charge in [0.2, 0.25) is 5.43 Å². The van der Waals surface area contributed by atoms with Crippen molar-refractivity contribution >= 4 is 40.1 Å². The highest BCUT2D eigenvalue weighted by Crippen LogP contribution is 2.38. The first-order valence-corrected chi connectivity index (χ1v) is 13.2. The van der Waals surface area contributed by atoms with Gasteiger partial charge in [0.1, 0.15) is 16.4 Å². The van der Waals surface area contributed by atoms with Crippen molar-refractivity contribution in [1.82, 2.24) is 24.8 Å². The number of pyridine rings is 3. The third kappa shape index (κ3) is 6.05. The summed E-state index contributed by atoms with van der Waals surface area (Å²) >= 11 is 0.716. The van der Waals surface area contributed by atoms with Crippen molar-refractivity contribution in [3.63, 3.8) is 0 Å². The number of aromatic carboxylic acids is 1. The number of nitrogens with one attached hydrogen (secondary N) is 2. The molecule has 0 saturated carbocycles. The molecule has 0 aliphatic carbocycles. The van der Waals surface area contributed by atoms with E-state index < -0.39 is 40.9 Å². The molecule has 0 saturated heterocycles. The topological polar surface area (TPSA) is 159 Å². The summed E-state index contributed by atoms with van der Waals surface area (Å²) in [5, 5.41) is 25.5. The Morgan fingerprint density at radius 3 is 2.46 bits per heavy atom. The number of alkyl halides is 3. The largest absolute Gasteiger partial charge is 0.477 e. The third-order valence-corrected chi connectivity index (χ3v) is 7.12. The molecule has 4 N–H and O–H groups in total. The Bertz CT molecular complexity index is 1680. The standard InChI is InChI=1S/C26H25F3N6O5S/c1-4-30-25(40)34-21-6-13(23-33-20(11-41-23)26(27,28)29)15(7-32-21)17-5-14-18(8-31-17)35(19(10-36)12(2)3)9-16(22(14)37)24(38)39/h5-9,11-12,19,36H,4,10H2,1-3H3,(H,38,39)(H2,30,32,34,40). The van der Waals surface area contributed by atoms with E-state index in [0.29, 0.717) is 17.9 Å². The molecule has 11 nitrogen and oxygen atoms in total. The number of anilines is 1. The highest BCUT2D eigenvalue weighted by molar-refractivity contribution is 7.13. The Balaban J connectivity index is 1.96. The lowest BCUT2D eigenvalue weighted by Gasteiger charge is -2.24. The maximum absolute atomic E-state index is 13.3. The van der Waals surface area contributed by atoms with Gasteiger partial charge in [0, 0.05) is 35.4 Å². The molecule has 0 aliphatic heterocycles. The summed E-state index contributed by atoms with van der Waals surface area (Å²) in [5.41, 5.74) is -1.75. The molecule has 41 heavy (non-hydrogen) atoms. The molecule has 4 heterocycles. The number of hydrogen-bond donors (Lipinski definition) is 4. The van der Waals surface area contributed by atoms with Crippen LogP contribution in [0.5, 0.6) is 0 Å². The van der Waals surface area contributed by atoms with Crippen LogP contribution >= 0.6 is 11.3 Å². The van der Waals surface area contributed by atoms with E-state index in [0.717, 1.165) is 11.6 Å². The van der Waals surface area contributed by atoms with Gasteiger partial charge in [-0.05, 0) is 25.0 Å². The van der Waals surface area contributed by atoms with E-state index in [1.165, 1.54) is 29.1 Å². The number of carboxylic acids is 1. The summed E-state index contributed by atoms with van der Waals surface area (Å²) < 4.78 is 41.5. The number of aliphatic hydroxyl groups excluding tert-OH is 1. The maximum Gasteiger partial charge on any atom is 0.434 e.